The van der Waals surface area contributed by atoms with Crippen molar-refractivity contribution in [2.24, 2.45) is 4.99 Å². The van der Waals surface area contributed by atoms with Crippen LogP contribution in [0.15, 0.2) is 77.9 Å². The Kier molecular flexibility index (Phi) is 7.02. The number of hydrogen-bond acceptors (Lipinski definition) is 5. The zero-order chi connectivity index (χ0) is 26.9. The fraction of sp³-hybridized carbons (Fsp3) is 0.258. The maximum atomic E-state index is 14.5. The molecule has 1 saturated carbocycles. The molecular formula is C31H29ClFN5O. The van der Waals surface area contributed by atoms with Crippen LogP contribution in [0.1, 0.15) is 31.4 Å². The van der Waals surface area contributed by atoms with Gasteiger partial charge in [0.05, 0.1) is 57.5 Å². The molecule has 0 radical (unpaired) electrons. The van der Waals surface area contributed by atoms with E-state index < -0.39 is 0 Å². The van der Waals surface area contributed by atoms with Crippen molar-refractivity contribution >= 4 is 34.0 Å². The highest BCUT2D eigenvalue weighted by Gasteiger charge is 2.22. The molecular weight excluding hydrogens is 513 g/mol. The number of halogens is 2. The lowest BCUT2D eigenvalue weighted by atomic mass is 9.93. The molecule has 0 bridgehead atoms. The van der Waals surface area contributed by atoms with Gasteiger partial charge in [-0.05, 0) is 93.3 Å². The number of aromatic nitrogens is 3. The Morgan fingerprint density at radius 1 is 1.00 bits per heavy atom. The molecule has 198 valence electrons. The lowest BCUT2D eigenvalue weighted by Gasteiger charge is -2.25. The molecule has 0 spiro atoms. The quantitative estimate of drug-likeness (QED) is 0.238. The molecule has 0 saturated heterocycles. The SMILES string of the molecule is COC1CCC(/N=c2\cc3n(-c4ccc(Cl)cc4)c4cc(F)ccc4nc-3cc2Nc2ccc(C)nc2)CC1. The molecule has 3 aliphatic rings. The van der Waals surface area contributed by atoms with Gasteiger partial charge in [-0.3, -0.25) is 9.98 Å². The largest absolute Gasteiger partial charge is 0.381 e. The van der Waals surface area contributed by atoms with Crippen LogP contribution in [-0.2, 0) is 4.74 Å². The Hall–Kier alpha value is -3.81. The lowest BCUT2D eigenvalue weighted by molar-refractivity contribution is 0.0663. The van der Waals surface area contributed by atoms with Crippen LogP contribution in [0.2, 0.25) is 5.02 Å². The average Bonchev–Trinajstić information content (AvgIpc) is 2.95. The smallest absolute Gasteiger partial charge is 0.125 e. The number of ether oxygens (including phenoxy) is 1. The predicted molar refractivity (Wildman–Crippen MR) is 154 cm³/mol. The van der Waals surface area contributed by atoms with Crippen molar-refractivity contribution in [2.45, 2.75) is 44.8 Å². The van der Waals surface area contributed by atoms with E-state index in [2.05, 4.69) is 10.3 Å². The molecule has 1 fully saturated rings. The average molecular weight is 542 g/mol. The number of rotatable bonds is 5. The second-order valence-electron chi connectivity index (χ2n) is 10.0. The van der Waals surface area contributed by atoms with Crippen LogP contribution in [0.5, 0.6) is 0 Å². The minimum Gasteiger partial charge on any atom is -0.381 e. The van der Waals surface area contributed by atoms with E-state index in [0.29, 0.717) is 22.2 Å². The third-order valence-corrected chi connectivity index (χ3v) is 7.58. The van der Waals surface area contributed by atoms with Crippen LogP contribution in [0.25, 0.3) is 28.1 Å². The summed E-state index contributed by atoms with van der Waals surface area (Å²) in [7, 11) is 1.78. The monoisotopic (exact) mass is 541 g/mol. The molecule has 6 nitrogen and oxygen atoms in total. The van der Waals surface area contributed by atoms with E-state index in [9.17, 15) is 4.39 Å². The highest BCUT2D eigenvalue weighted by atomic mass is 35.5. The molecule has 0 atom stereocenters. The van der Waals surface area contributed by atoms with E-state index >= 15 is 0 Å². The Morgan fingerprint density at radius 2 is 1.79 bits per heavy atom. The molecule has 2 aliphatic carbocycles. The molecule has 0 amide bonds. The maximum absolute atomic E-state index is 14.5. The van der Waals surface area contributed by atoms with Gasteiger partial charge in [0.2, 0.25) is 0 Å². The first-order chi connectivity index (χ1) is 19.0. The summed E-state index contributed by atoms with van der Waals surface area (Å²) in [5.74, 6) is -0.323. The number of anilines is 2. The van der Waals surface area contributed by atoms with Gasteiger partial charge < -0.3 is 14.6 Å². The summed E-state index contributed by atoms with van der Waals surface area (Å²) in [6.45, 7) is 1.96. The van der Waals surface area contributed by atoms with Gasteiger partial charge >= 0.3 is 0 Å². The summed E-state index contributed by atoms with van der Waals surface area (Å²) in [5, 5.41) is 4.97. The first-order valence-electron chi connectivity index (χ1n) is 13.2. The second kappa shape index (κ2) is 10.8. The Labute approximate surface area is 231 Å². The zero-order valence-electron chi connectivity index (χ0n) is 21.9. The number of nitrogens with one attached hydrogen (secondary N) is 1. The highest BCUT2D eigenvalue weighted by Crippen LogP contribution is 2.32. The van der Waals surface area contributed by atoms with E-state index in [1.165, 1.54) is 12.1 Å². The number of methoxy groups -OCH3 is 1. The maximum Gasteiger partial charge on any atom is 0.125 e. The lowest BCUT2D eigenvalue weighted by Crippen LogP contribution is -2.25. The van der Waals surface area contributed by atoms with E-state index in [0.717, 1.165) is 65.2 Å². The fourth-order valence-corrected chi connectivity index (χ4v) is 5.37. The Balaban J connectivity index is 1.58. The molecule has 1 N–H and O–H groups in total. The molecule has 3 aromatic rings. The minimum absolute atomic E-state index is 0.181. The van der Waals surface area contributed by atoms with Crippen molar-refractivity contribution < 1.29 is 9.13 Å². The molecule has 1 aliphatic heterocycles. The molecule has 2 heterocycles. The van der Waals surface area contributed by atoms with Crippen molar-refractivity contribution in [3.8, 4) is 17.1 Å². The summed E-state index contributed by atoms with van der Waals surface area (Å²) in [5.41, 5.74) is 6.46. The summed E-state index contributed by atoms with van der Waals surface area (Å²) >= 11 is 6.20. The van der Waals surface area contributed by atoms with Crippen molar-refractivity contribution in [3.63, 3.8) is 0 Å². The van der Waals surface area contributed by atoms with E-state index in [4.69, 9.17) is 26.3 Å². The number of aryl methyl sites for hydroxylation is 1. The van der Waals surface area contributed by atoms with Crippen molar-refractivity contribution in [3.05, 3.63) is 94.8 Å². The van der Waals surface area contributed by atoms with Gasteiger partial charge in [-0.15, -0.1) is 0 Å². The molecule has 2 aromatic carbocycles. The van der Waals surface area contributed by atoms with Gasteiger partial charge in [0.1, 0.15) is 5.82 Å². The van der Waals surface area contributed by atoms with Gasteiger partial charge in [0, 0.05) is 29.6 Å². The number of fused-ring (bicyclic) bond motifs is 2. The summed E-state index contributed by atoms with van der Waals surface area (Å²) < 4.78 is 22.1. The number of pyridine rings is 1. The van der Waals surface area contributed by atoms with Gasteiger partial charge in [-0.25, -0.2) is 9.37 Å². The second-order valence-corrected chi connectivity index (χ2v) is 10.5. The summed E-state index contributed by atoms with van der Waals surface area (Å²) in [4.78, 5) is 14.6. The van der Waals surface area contributed by atoms with Crippen molar-refractivity contribution in [1.29, 1.82) is 0 Å². The van der Waals surface area contributed by atoms with E-state index in [-0.39, 0.29) is 11.9 Å². The predicted octanol–water partition coefficient (Wildman–Crippen LogP) is 7.23. The third kappa shape index (κ3) is 5.37. The van der Waals surface area contributed by atoms with Crippen molar-refractivity contribution in [2.75, 3.05) is 12.4 Å². The highest BCUT2D eigenvalue weighted by molar-refractivity contribution is 6.30. The van der Waals surface area contributed by atoms with Crippen LogP contribution in [0.3, 0.4) is 0 Å². The normalized spacial score (nSPS) is 18.1. The number of benzene rings is 3. The van der Waals surface area contributed by atoms with Crippen molar-refractivity contribution in [1.82, 2.24) is 14.5 Å². The van der Waals surface area contributed by atoms with Gasteiger partial charge in [0.25, 0.3) is 0 Å². The van der Waals surface area contributed by atoms with E-state index in [1.807, 2.05) is 66.2 Å². The Morgan fingerprint density at radius 3 is 2.51 bits per heavy atom. The van der Waals surface area contributed by atoms with Crippen LogP contribution >= 0.6 is 11.6 Å². The standard InChI is InChI=1S/C31H29ClFN5O/c1-19-3-7-23(18-34-19)36-27-16-29-31(17-28(27)35-22-8-12-25(39-2)13-9-22)38(24-10-4-20(32)5-11-24)30-15-21(33)6-14-26(30)37-29/h3-7,10-11,14-18,22,25,36H,8-9,12-13H2,1-2H3/b35-28+. The molecule has 0 unspecified atom stereocenters. The summed E-state index contributed by atoms with van der Waals surface area (Å²) in [6.07, 6.45) is 6.00. The molecule has 1 aromatic heterocycles. The number of hydrogen-bond donors (Lipinski definition) is 1. The first kappa shape index (κ1) is 25.5. The van der Waals surface area contributed by atoms with E-state index in [1.54, 1.807) is 13.2 Å². The third-order valence-electron chi connectivity index (χ3n) is 7.33. The van der Waals surface area contributed by atoms with Crippen LogP contribution in [0, 0.1) is 12.7 Å². The fourth-order valence-electron chi connectivity index (χ4n) is 5.24. The summed E-state index contributed by atoms with van der Waals surface area (Å²) in [6, 6.07) is 20.4. The topological polar surface area (TPSA) is 64.3 Å². The van der Waals surface area contributed by atoms with Crippen LogP contribution in [0.4, 0.5) is 15.8 Å². The Bertz CT molecular complexity index is 1660. The van der Waals surface area contributed by atoms with Gasteiger partial charge in [-0.1, -0.05) is 11.6 Å². The minimum atomic E-state index is -0.323. The first-order valence-corrected chi connectivity index (χ1v) is 13.5. The van der Waals surface area contributed by atoms with Crippen LogP contribution < -0.4 is 10.7 Å². The number of nitrogens with zero attached hydrogens (tertiary/aromatic N) is 4. The molecule has 6 rings (SSSR count). The molecule has 39 heavy (non-hydrogen) atoms. The van der Waals surface area contributed by atoms with Gasteiger partial charge in [-0.2, -0.15) is 0 Å². The van der Waals surface area contributed by atoms with Crippen LogP contribution in [-0.4, -0.2) is 33.8 Å². The van der Waals surface area contributed by atoms with Gasteiger partial charge in [0.15, 0.2) is 0 Å². The zero-order valence-corrected chi connectivity index (χ0v) is 22.6. The molecule has 8 heteroatoms.